The number of hydrogen-bond donors (Lipinski definition) is 2. The number of carbonyl (C=O) groups excluding carboxylic acids is 1. The van der Waals surface area contributed by atoms with Gasteiger partial charge in [0.15, 0.2) is 17.5 Å². The molecule has 2 fully saturated rings. The van der Waals surface area contributed by atoms with Crippen LogP contribution in [0.4, 0.5) is 26.7 Å². The minimum Gasteiger partial charge on any atom is -0.328 e. The van der Waals surface area contributed by atoms with E-state index in [1.165, 1.54) is 22.9 Å². The molecule has 4 heterocycles. The molecule has 0 spiro atoms. The SMILES string of the molecule is O=C(NC1CCC(c2cccc(F)c2F)Cn2c1nnc2C1(C(F)(F)F)CC1)N1CCC(c2ccn[nH]c2=O)CC1. The van der Waals surface area contributed by atoms with E-state index in [1.54, 1.807) is 11.0 Å². The lowest BCUT2D eigenvalue weighted by Crippen LogP contribution is -2.46. The van der Waals surface area contributed by atoms with E-state index < -0.39 is 41.2 Å². The second-order valence-electron chi connectivity index (χ2n) is 11.1. The van der Waals surface area contributed by atoms with E-state index in [0.29, 0.717) is 31.5 Å². The highest BCUT2D eigenvalue weighted by atomic mass is 19.4. The molecular weight excluding hydrogens is 549 g/mol. The fraction of sp³-hybridized carbons (Fsp3) is 0.519. The summed E-state index contributed by atoms with van der Waals surface area (Å²) in [5.74, 6) is -2.85. The van der Waals surface area contributed by atoms with Crippen molar-refractivity contribution in [3.63, 3.8) is 0 Å². The van der Waals surface area contributed by atoms with E-state index in [2.05, 4.69) is 25.7 Å². The predicted octanol–water partition coefficient (Wildman–Crippen LogP) is 4.44. The van der Waals surface area contributed by atoms with Gasteiger partial charge in [0.25, 0.3) is 5.56 Å². The molecular formula is C27H28F5N7O2. The molecule has 14 heteroatoms. The smallest absolute Gasteiger partial charge is 0.328 e. The van der Waals surface area contributed by atoms with Crippen molar-refractivity contribution < 1.29 is 26.7 Å². The van der Waals surface area contributed by atoms with Crippen LogP contribution in [0.3, 0.4) is 0 Å². The third-order valence-corrected chi connectivity index (χ3v) is 8.72. The van der Waals surface area contributed by atoms with Gasteiger partial charge in [-0.1, -0.05) is 12.1 Å². The van der Waals surface area contributed by atoms with Gasteiger partial charge in [-0.15, -0.1) is 10.2 Å². The number of aromatic amines is 1. The molecule has 2 aromatic heterocycles. The molecule has 1 saturated heterocycles. The zero-order valence-corrected chi connectivity index (χ0v) is 21.9. The van der Waals surface area contributed by atoms with Crippen LogP contribution in [0.15, 0.2) is 35.3 Å². The monoisotopic (exact) mass is 577 g/mol. The van der Waals surface area contributed by atoms with Crippen LogP contribution in [0.5, 0.6) is 0 Å². The average Bonchev–Trinajstić information content (AvgIpc) is 3.70. The average molecular weight is 578 g/mol. The van der Waals surface area contributed by atoms with E-state index in [4.69, 9.17) is 0 Å². The summed E-state index contributed by atoms with van der Waals surface area (Å²) < 4.78 is 72.5. The summed E-state index contributed by atoms with van der Waals surface area (Å²) in [6.07, 6.45) is -1.69. The number of nitrogens with one attached hydrogen (secondary N) is 2. The molecule has 1 aliphatic carbocycles. The Morgan fingerprint density at radius 3 is 2.44 bits per heavy atom. The normalized spacial score (nSPS) is 22.6. The van der Waals surface area contributed by atoms with E-state index in [9.17, 15) is 31.5 Å². The zero-order chi connectivity index (χ0) is 28.9. The minimum absolute atomic E-state index is 0.0339. The fourth-order valence-corrected chi connectivity index (χ4v) is 6.21. The number of piperidine rings is 1. The van der Waals surface area contributed by atoms with E-state index in [-0.39, 0.29) is 60.9 Å². The summed E-state index contributed by atoms with van der Waals surface area (Å²) in [6.45, 7) is 0.669. The summed E-state index contributed by atoms with van der Waals surface area (Å²) in [5.41, 5.74) is -1.73. The van der Waals surface area contributed by atoms with Crippen molar-refractivity contribution in [2.45, 2.75) is 74.5 Å². The second kappa shape index (κ2) is 10.2. The lowest BCUT2D eigenvalue weighted by Gasteiger charge is -2.33. The third-order valence-electron chi connectivity index (χ3n) is 8.72. The summed E-state index contributed by atoms with van der Waals surface area (Å²) >= 11 is 0. The Morgan fingerprint density at radius 1 is 1.00 bits per heavy atom. The lowest BCUT2D eigenvalue weighted by molar-refractivity contribution is -0.163. The number of hydrogen-bond acceptors (Lipinski definition) is 5. The summed E-state index contributed by atoms with van der Waals surface area (Å²) in [5, 5.41) is 17.1. The van der Waals surface area contributed by atoms with Crippen molar-refractivity contribution in [2.24, 2.45) is 0 Å². The van der Waals surface area contributed by atoms with E-state index >= 15 is 0 Å². The van der Waals surface area contributed by atoms with Crippen LogP contribution in [-0.4, -0.2) is 55.2 Å². The molecule has 1 saturated carbocycles. The van der Waals surface area contributed by atoms with Gasteiger partial charge in [-0.2, -0.15) is 18.3 Å². The van der Waals surface area contributed by atoms with Crippen LogP contribution >= 0.6 is 0 Å². The highest BCUT2D eigenvalue weighted by Gasteiger charge is 2.67. The summed E-state index contributed by atoms with van der Waals surface area (Å²) in [7, 11) is 0. The van der Waals surface area contributed by atoms with Gasteiger partial charge in [-0.25, -0.2) is 18.7 Å². The highest BCUT2D eigenvalue weighted by molar-refractivity contribution is 5.74. The minimum atomic E-state index is -4.55. The van der Waals surface area contributed by atoms with Crippen molar-refractivity contribution in [3.8, 4) is 0 Å². The van der Waals surface area contributed by atoms with Gasteiger partial charge in [0.2, 0.25) is 0 Å². The molecule has 6 rings (SSSR count). The van der Waals surface area contributed by atoms with Gasteiger partial charge >= 0.3 is 12.2 Å². The molecule has 0 bridgehead atoms. The van der Waals surface area contributed by atoms with Crippen molar-refractivity contribution in [1.82, 2.24) is 35.2 Å². The van der Waals surface area contributed by atoms with Gasteiger partial charge in [-0.3, -0.25) is 4.79 Å². The first kappa shape index (κ1) is 27.3. The van der Waals surface area contributed by atoms with Crippen molar-refractivity contribution in [2.75, 3.05) is 13.1 Å². The summed E-state index contributed by atoms with van der Waals surface area (Å²) in [6, 6.07) is 4.26. The number of benzene rings is 1. The highest BCUT2D eigenvalue weighted by Crippen LogP contribution is 2.58. The molecule has 3 aromatic rings. The van der Waals surface area contributed by atoms with Crippen LogP contribution < -0.4 is 10.9 Å². The number of rotatable bonds is 4. The largest absolute Gasteiger partial charge is 0.401 e. The Bertz CT molecular complexity index is 1510. The molecule has 2 amide bonds. The Morgan fingerprint density at radius 2 is 1.76 bits per heavy atom. The van der Waals surface area contributed by atoms with Crippen molar-refractivity contribution in [1.29, 1.82) is 0 Å². The standard InChI is InChI=1S/C27H28F5N7O2/c28-19-3-1-2-17(21(19)29)16-4-5-20(22-35-37-24(39(22)14-16)26(9-10-26)27(30,31)32)34-25(41)38-12-7-15(8-13-38)18-6-11-33-36-23(18)40/h1-3,6,11,15-16,20H,4-5,7-10,12-14H2,(H,34,41)(H,36,40). The van der Waals surface area contributed by atoms with Gasteiger partial charge in [0.1, 0.15) is 11.2 Å². The number of likely N-dealkylation sites (tertiary alicyclic amines) is 1. The number of fused-ring (bicyclic) bond motifs is 1. The first-order chi connectivity index (χ1) is 19.6. The first-order valence-corrected chi connectivity index (χ1v) is 13.6. The Labute approximate surface area is 231 Å². The fourth-order valence-electron chi connectivity index (χ4n) is 6.21. The summed E-state index contributed by atoms with van der Waals surface area (Å²) in [4.78, 5) is 27.0. The molecule has 2 atom stereocenters. The number of aromatic nitrogens is 5. The number of carbonyl (C=O) groups is 1. The molecule has 0 radical (unpaired) electrons. The lowest BCUT2D eigenvalue weighted by atomic mass is 9.90. The number of nitrogens with zero attached hydrogens (tertiary/aromatic N) is 5. The van der Waals surface area contributed by atoms with Gasteiger partial charge in [0, 0.05) is 37.3 Å². The number of urea groups is 1. The van der Waals surface area contributed by atoms with Crippen molar-refractivity contribution >= 4 is 6.03 Å². The van der Waals surface area contributed by atoms with Gasteiger partial charge < -0.3 is 14.8 Å². The van der Waals surface area contributed by atoms with E-state index in [0.717, 1.165) is 6.07 Å². The predicted molar refractivity (Wildman–Crippen MR) is 135 cm³/mol. The Balaban J connectivity index is 1.25. The molecule has 2 N–H and O–H groups in total. The van der Waals surface area contributed by atoms with Crippen LogP contribution in [-0.2, 0) is 12.0 Å². The van der Waals surface area contributed by atoms with Gasteiger partial charge in [-0.05, 0) is 62.1 Å². The topological polar surface area (TPSA) is 109 Å². The zero-order valence-electron chi connectivity index (χ0n) is 21.9. The Hall–Kier alpha value is -3.84. The molecule has 41 heavy (non-hydrogen) atoms. The quantitative estimate of drug-likeness (QED) is 0.446. The maximum atomic E-state index is 14.8. The maximum Gasteiger partial charge on any atom is 0.401 e. The number of amides is 2. The number of H-pyrrole nitrogens is 1. The Kier molecular flexibility index (Phi) is 6.81. The number of halogens is 5. The second-order valence-corrected chi connectivity index (χ2v) is 11.1. The van der Waals surface area contributed by atoms with E-state index in [1.807, 2.05) is 0 Å². The van der Waals surface area contributed by atoms with Crippen LogP contribution in [0.25, 0.3) is 0 Å². The molecule has 3 aliphatic rings. The van der Waals surface area contributed by atoms with Crippen LogP contribution in [0, 0.1) is 11.6 Å². The van der Waals surface area contributed by atoms with Crippen molar-refractivity contribution in [3.05, 3.63) is 75.2 Å². The third kappa shape index (κ3) is 4.86. The molecule has 218 valence electrons. The number of alkyl halides is 3. The molecule has 2 unspecified atom stereocenters. The van der Waals surface area contributed by atoms with Gasteiger partial charge in [0.05, 0.1) is 6.04 Å². The first-order valence-electron chi connectivity index (χ1n) is 13.6. The molecule has 9 nitrogen and oxygen atoms in total. The van der Waals surface area contributed by atoms with Crippen LogP contribution in [0.1, 0.15) is 79.2 Å². The van der Waals surface area contributed by atoms with Crippen LogP contribution in [0.2, 0.25) is 0 Å². The molecule has 1 aromatic carbocycles. The molecule has 2 aliphatic heterocycles. The maximum absolute atomic E-state index is 14.8.